The van der Waals surface area contributed by atoms with E-state index in [0.29, 0.717) is 5.56 Å². The van der Waals surface area contributed by atoms with Gasteiger partial charge in [0.15, 0.2) is 5.69 Å². The van der Waals surface area contributed by atoms with Crippen LogP contribution >= 0.6 is 0 Å². The van der Waals surface area contributed by atoms with Crippen molar-refractivity contribution >= 4 is 17.1 Å². The molecule has 0 atom stereocenters. The minimum Gasteiger partial charge on any atom is -0.493 e. The number of hydrogen-bond acceptors (Lipinski definition) is 7. The van der Waals surface area contributed by atoms with E-state index < -0.39 is 16.4 Å². The number of nitrogens with zero attached hydrogens (tertiary/aromatic N) is 5. The Morgan fingerprint density at radius 3 is 2.50 bits per heavy atom. The molecule has 0 aliphatic carbocycles. The standard InChI is InChI=1S/C21H17N5O4/c1-13-8-9-16(26(29)30)10-18(13)23-24-19-14(2)17(11-22)20(27)25(21(19)28)12-15-6-4-3-5-7-15/h3-10,27H,12H2,1-2H3. The Labute approximate surface area is 171 Å². The molecule has 0 bridgehead atoms. The summed E-state index contributed by atoms with van der Waals surface area (Å²) < 4.78 is 1.05. The molecule has 0 aliphatic rings. The van der Waals surface area contributed by atoms with Gasteiger partial charge in [-0.15, -0.1) is 10.2 Å². The molecule has 0 saturated heterocycles. The number of nitro groups is 1. The zero-order chi connectivity index (χ0) is 21.8. The molecule has 3 rings (SSSR count). The Morgan fingerprint density at radius 1 is 1.17 bits per heavy atom. The second kappa shape index (κ2) is 8.36. The summed E-state index contributed by atoms with van der Waals surface area (Å²) in [4.78, 5) is 23.4. The molecule has 0 unspecified atom stereocenters. The molecule has 1 heterocycles. The SMILES string of the molecule is Cc1ccc([N+](=O)[O-])cc1N=Nc1c(C)c(C#N)c(O)n(Cc2ccccc2)c1=O. The summed E-state index contributed by atoms with van der Waals surface area (Å²) in [7, 11) is 0. The lowest BCUT2D eigenvalue weighted by atomic mass is 10.1. The lowest BCUT2D eigenvalue weighted by Gasteiger charge is -2.13. The third-order valence-electron chi connectivity index (χ3n) is 4.61. The van der Waals surface area contributed by atoms with Gasteiger partial charge in [-0.3, -0.25) is 19.5 Å². The average molecular weight is 403 g/mol. The van der Waals surface area contributed by atoms with Gasteiger partial charge in [0.1, 0.15) is 11.6 Å². The maximum absolute atomic E-state index is 13.0. The predicted molar refractivity (Wildman–Crippen MR) is 109 cm³/mol. The zero-order valence-electron chi connectivity index (χ0n) is 16.2. The van der Waals surface area contributed by atoms with E-state index in [2.05, 4.69) is 10.2 Å². The van der Waals surface area contributed by atoms with Crippen LogP contribution in [0.1, 0.15) is 22.3 Å². The van der Waals surface area contributed by atoms with Crippen LogP contribution < -0.4 is 5.56 Å². The molecule has 1 aromatic heterocycles. The van der Waals surface area contributed by atoms with Gasteiger partial charge < -0.3 is 5.11 Å². The van der Waals surface area contributed by atoms with Crippen LogP contribution in [0.5, 0.6) is 5.88 Å². The fraction of sp³-hybridized carbons (Fsp3) is 0.143. The normalized spacial score (nSPS) is 10.8. The number of nitro benzene ring substituents is 1. The van der Waals surface area contributed by atoms with Crippen LogP contribution in [0.3, 0.4) is 0 Å². The molecule has 9 heteroatoms. The molecule has 0 aliphatic heterocycles. The minimum absolute atomic E-state index is 0.0405. The van der Waals surface area contributed by atoms with Crippen LogP contribution in [-0.4, -0.2) is 14.6 Å². The van der Waals surface area contributed by atoms with Crippen LogP contribution in [0.25, 0.3) is 0 Å². The Bertz CT molecular complexity index is 1260. The number of azo groups is 1. The van der Waals surface area contributed by atoms with Gasteiger partial charge in [0.2, 0.25) is 5.88 Å². The number of hydrogen-bond donors (Lipinski definition) is 1. The van der Waals surface area contributed by atoms with Gasteiger partial charge in [0, 0.05) is 17.7 Å². The van der Waals surface area contributed by atoms with Crippen molar-refractivity contribution in [2.45, 2.75) is 20.4 Å². The van der Waals surface area contributed by atoms with Gasteiger partial charge in [0.05, 0.1) is 17.2 Å². The van der Waals surface area contributed by atoms with Gasteiger partial charge >= 0.3 is 0 Å². The lowest BCUT2D eigenvalue weighted by Crippen LogP contribution is -2.22. The van der Waals surface area contributed by atoms with E-state index in [4.69, 9.17) is 0 Å². The first-order chi connectivity index (χ1) is 14.3. The Morgan fingerprint density at radius 2 is 1.87 bits per heavy atom. The molecule has 0 radical (unpaired) electrons. The number of nitriles is 1. The smallest absolute Gasteiger partial charge is 0.281 e. The summed E-state index contributed by atoms with van der Waals surface area (Å²) in [6, 6.07) is 15.0. The van der Waals surface area contributed by atoms with E-state index in [-0.39, 0.29) is 34.7 Å². The number of pyridine rings is 1. The topological polar surface area (TPSA) is 134 Å². The van der Waals surface area contributed by atoms with Gasteiger partial charge in [-0.05, 0) is 25.0 Å². The summed E-state index contributed by atoms with van der Waals surface area (Å²) in [5.74, 6) is -0.450. The van der Waals surface area contributed by atoms with E-state index in [9.17, 15) is 25.3 Å². The van der Waals surface area contributed by atoms with Crippen LogP contribution in [-0.2, 0) is 6.54 Å². The monoisotopic (exact) mass is 403 g/mol. The molecule has 2 aromatic carbocycles. The second-order valence-corrected chi connectivity index (χ2v) is 6.59. The number of aromatic hydroxyl groups is 1. The number of aryl methyl sites for hydroxylation is 1. The molecule has 0 saturated carbocycles. The van der Waals surface area contributed by atoms with Crippen LogP contribution in [0.15, 0.2) is 63.6 Å². The summed E-state index contributed by atoms with van der Waals surface area (Å²) in [6.07, 6.45) is 0. The number of non-ortho nitro benzene ring substituents is 1. The van der Waals surface area contributed by atoms with Gasteiger partial charge in [-0.2, -0.15) is 5.26 Å². The van der Waals surface area contributed by atoms with E-state index in [1.807, 2.05) is 12.1 Å². The van der Waals surface area contributed by atoms with Crippen molar-refractivity contribution in [1.29, 1.82) is 5.26 Å². The number of aromatic nitrogens is 1. The highest BCUT2D eigenvalue weighted by Gasteiger charge is 2.19. The molecule has 0 spiro atoms. The molecular weight excluding hydrogens is 386 g/mol. The number of rotatable bonds is 5. The quantitative estimate of drug-likeness (QED) is 0.382. The first-order valence-corrected chi connectivity index (χ1v) is 8.90. The van der Waals surface area contributed by atoms with Crippen molar-refractivity contribution < 1.29 is 10.0 Å². The Kier molecular flexibility index (Phi) is 5.69. The summed E-state index contributed by atoms with van der Waals surface area (Å²) in [6.45, 7) is 3.23. The third-order valence-corrected chi connectivity index (χ3v) is 4.61. The molecule has 3 aromatic rings. The zero-order valence-corrected chi connectivity index (χ0v) is 16.2. The summed E-state index contributed by atoms with van der Waals surface area (Å²) in [5.41, 5.74) is 0.795. The van der Waals surface area contributed by atoms with Gasteiger partial charge in [-0.25, -0.2) is 0 Å². The van der Waals surface area contributed by atoms with Crippen molar-refractivity contribution in [3.63, 3.8) is 0 Å². The molecular formula is C21H17N5O4. The third kappa shape index (κ3) is 3.93. The van der Waals surface area contributed by atoms with E-state index in [1.54, 1.807) is 31.2 Å². The van der Waals surface area contributed by atoms with Crippen LogP contribution in [0.4, 0.5) is 17.1 Å². The van der Waals surface area contributed by atoms with E-state index in [1.165, 1.54) is 25.1 Å². The Hall–Kier alpha value is -4.32. The molecule has 30 heavy (non-hydrogen) atoms. The van der Waals surface area contributed by atoms with Crippen molar-refractivity contribution in [1.82, 2.24) is 4.57 Å². The Balaban J connectivity index is 2.14. The highest BCUT2D eigenvalue weighted by molar-refractivity contribution is 5.58. The minimum atomic E-state index is -0.625. The lowest BCUT2D eigenvalue weighted by molar-refractivity contribution is -0.384. The second-order valence-electron chi connectivity index (χ2n) is 6.59. The molecule has 150 valence electrons. The maximum atomic E-state index is 13.0. The molecule has 0 fully saturated rings. The fourth-order valence-corrected chi connectivity index (χ4v) is 2.89. The first kappa shape index (κ1) is 20.4. The van der Waals surface area contributed by atoms with Crippen molar-refractivity contribution in [3.05, 3.63) is 91.3 Å². The maximum Gasteiger partial charge on any atom is 0.281 e. The highest BCUT2D eigenvalue weighted by Crippen LogP contribution is 2.29. The fourth-order valence-electron chi connectivity index (χ4n) is 2.89. The first-order valence-electron chi connectivity index (χ1n) is 8.90. The summed E-state index contributed by atoms with van der Waals surface area (Å²) in [5, 5.41) is 38.9. The largest absolute Gasteiger partial charge is 0.493 e. The molecule has 1 N–H and O–H groups in total. The van der Waals surface area contributed by atoms with Crippen molar-refractivity contribution in [3.8, 4) is 11.9 Å². The van der Waals surface area contributed by atoms with Gasteiger partial charge in [0.25, 0.3) is 11.2 Å². The van der Waals surface area contributed by atoms with Crippen molar-refractivity contribution in [2.75, 3.05) is 0 Å². The van der Waals surface area contributed by atoms with Crippen LogP contribution in [0.2, 0.25) is 0 Å². The van der Waals surface area contributed by atoms with Crippen LogP contribution in [0, 0.1) is 35.3 Å². The van der Waals surface area contributed by atoms with Gasteiger partial charge in [-0.1, -0.05) is 36.4 Å². The van der Waals surface area contributed by atoms with E-state index >= 15 is 0 Å². The number of benzene rings is 2. The van der Waals surface area contributed by atoms with Crippen molar-refractivity contribution in [2.24, 2.45) is 10.2 Å². The highest BCUT2D eigenvalue weighted by atomic mass is 16.6. The van der Waals surface area contributed by atoms with E-state index in [0.717, 1.165) is 10.1 Å². The average Bonchev–Trinajstić information content (AvgIpc) is 2.73. The summed E-state index contributed by atoms with van der Waals surface area (Å²) >= 11 is 0. The predicted octanol–water partition coefficient (Wildman–Crippen LogP) is 4.41. The molecule has 0 amide bonds. The molecule has 9 nitrogen and oxygen atoms in total.